The van der Waals surface area contributed by atoms with Crippen LogP contribution in [0.4, 0.5) is 0 Å². The average Bonchev–Trinajstić information content (AvgIpc) is 3.00. The van der Waals surface area contributed by atoms with Gasteiger partial charge in [-0.15, -0.1) is 0 Å². The van der Waals surface area contributed by atoms with Crippen LogP contribution in [0.1, 0.15) is 12.8 Å². The highest BCUT2D eigenvalue weighted by atomic mass is 16.5. The van der Waals surface area contributed by atoms with Crippen LogP contribution in [-0.2, 0) is 0 Å². The van der Waals surface area contributed by atoms with Crippen molar-refractivity contribution in [3.63, 3.8) is 0 Å². The summed E-state index contributed by atoms with van der Waals surface area (Å²) in [6, 6.07) is 14.3. The second-order valence-corrected chi connectivity index (χ2v) is 5.95. The highest BCUT2D eigenvalue weighted by molar-refractivity contribution is 5.83. The summed E-state index contributed by atoms with van der Waals surface area (Å²) in [4.78, 5) is 2.15. The van der Waals surface area contributed by atoms with E-state index in [1.165, 1.54) is 5.39 Å². The van der Waals surface area contributed by atoms with E-state index in [0.29, 0.717) is 6.54 Å². The minimum absolute atomic E-state index is 0.165. The van der Waals surface area contributed by atoms with Gasteiger partial charge in [0.2, 0.25) is 0 Å². The van der Waals surface area contributed by atoms with E-state index in [2.05, 4.69) is 17.0 Å². The SMILES string of the molecule is OC[C@H]1CCCN1C[C@@H](O)COc1ccc2ccccc2c1. The number of nitrogens with zero attached hydrogens (tertiary/aromatic N) is 1. The van der Waals surface area contributed by atoms with Gasteiger partial charge in [0.05, 0.1) is 6.61 Å². The molecule has 3 rings (SSSR count). The fourth-order valence-electron chi connectivity index (χ4n) is 3.12. The summed E-state index contributed by atoms with van der Waals surface area (Å²) < 4.78 is 5.72. The number of ether oxygens (including phenoxy) is 1. The second-order valence-electron chi connectivity index (χ2n) is 5.95. The van der Waals surface area contributed by atoms with Gasteiger partial charge in [0, 0.05) is 12.6 Å². The molecule has 2 N–H and O–H groups in total. The fraction of sp³-hybridized carbons (Fsp3) is 0.444. The number of aliphatic hydroxyl groups is 2. The third-order valence-corrected chi connectivity index (χ3v) is 4.32. The van der Waals surface area contributed by atoms with Crippen LogP contribution in [0.15, 0.2) is 42.5 Å². The number of hydrogen-bond donors (Lipinski definition) is 2. The van der Waals surface area contributed by atoms with Crippen LogP contribution in [0.5, 0.6) is 5.75 Å². The molecule has 118 valence electrons. The Bertz CT molecular complexity index is 616. The molecule has 0 aromatic heterocycles. The standard InChI is InChI=1S/C18H23NO3/c20-12-16-6-3-9-19(16)11-17(21)13-22-18-8-7-14-4-1-2-5-15(14)10-18/h1-2,4-5,7-8,10,16-17,20-21H,3,6,9,11-13H2/t16-,17-/m1/s1. The maximum atomic E-state index is 10.1. The predicted octanol–water partition coefficient (Wildman–Crippen LogP) is 2.04. The number of fused-ring (bicyclic) bond motifs is 1. The Labute approximate surface area is 130 Å². The van der Waals surface area contributed by atoms with Crippen LogP contribution in [0, 0.1) is 0 Å². The molecular formula is C18H23NO3. The van der Waals surface area contributed by atoms with E-state index in [0.717, 1.165) is 30.5 Å². The van der Waals surface area contributed by atoms with Gasteiger partial charge in [-0.3, -0.25) is 4.90 Å². The zero-order valence-corrected chi connectivity index (χ0v) is 12.7. The maximum absolute atomic E-state index is 10.1. The molecule has 0 bridgehead atoms. The molecule has 1 fully saturated rings. The molecule has 2 atom stereocenters. The minimum atomic E-state index is -0.543. The lowest BCUT2D eigenvalue weighted by Crippen LogP contribution is -2.40. The minimum Gasteiger partial charge on any atom is -0.491 e. The molecule has 22 heavy (non-hydrogen) atoms. The Morgan fingerprint density at radius 3 is 2.82 bits per heavy atom. The molecule has 2 aromatic rings. The van der Waals surface area contributed by atoms with Crippen LogP contribution in [0.2, 0.25) is 0 Å². The van der Waals surface area contributed by atoms with E-state index >= 15 is 0 Å². The molecule has 0 spiro atoms. The summed E-state index contributed by atoms with van der Waals surface area (Å²) in [6.45, 7) is 1.93. The Balaban J connectivity index is 1.54. The molecule has 0 aliphatic carbocycles. The van der Waals surface area contributed by atoms with E-state index in [-0.39, 0.29) is 19.3 Å². The van der Waals surface area contributed by atoms with E-state index in [4.69, 9.17) is 4.74 Å². The third kappa shape index (κ3) is 3.58. The number of hydrogen-bond acceptors (Lipinski definition) is 4. The van der Waals surface area contributed by atoms with Crippen molar-refractivity contribution < 1.29 is 14.9 Å². The number of rotatable bonds is 6. The summed E-state index contributed by atoms with van der Waals surface area (Å²) in [5.41, 5.74) is 0. The molecule has 4 heteroatoms. The van der Waals surface area contributed by atoms with Gasteiger partial charge in [-0.2, -0.15) is 0 Å². The smallest absolute Gasteiger partial charge is 0.120 e. The second kappa shape index (κ2) is 7.09. The van der Waals surface area contributed by atoms with Crippen LogP contribution in [0.3, 0.4) is 0 Å². The zero-order valence-electron chi connectivity index (χ0n) is 12.7. The zero-order chi connectivity index (χ0) is 15.4. The third-order valence-electron chi connectivity index (χ3n) is 4.32. The lowest BCUT2D eigenvalue weighted by Gasteiger charge is -2.25. The van der Waals surface area contributed by atoms with E-state index in [1.807, 2.05) is 30.3 Å². The summed E-state index contributed by atoms with van der Waals surface area (Å²) in [6.07, 6.45) is 1.55. The lowest BCUT2D eigenvalue weighted by molar-refractivity contribution is 0.0533. The van der Waals surface area contributed by atoms with Crippen LogP contribution in [0.25, 0.3) is 10.8 Å². The lowest BCUT2D eigenvalue weighted by atomic mass is 10.1. The Morgan fingerprint density at radius 2 is 2.00 bits per heavy atom. The van der Waals surface area contributed by atoms with E-state index < -0.39 is 6.10 Å². The quantitative estimate of drug-likeness (QED) is 0.857. The van der Waals surface area contributed by atoms with Gasteiger partial charge in [-0.05, 0) is 42.3 Å². The predicted molar refractivity (Wildman–Crippen MR) is 87.1 cm³/mol. The number of likely N-dealkylation sites (tertiary alicyclic amines) is 1. The monoisotopic (exact) mass is 301 g/mol. The molecule has 0 saturated carbocycles. The molecule has 1 aliphatic rings. The maximum Gasteiger partial charge on any atom is 0.120 e. The molecule has 1 saturated heterocycles. The van der Waals surface area contributed by atoms with E-state index in [9.17, 15) is 10.2 Å². The summed E-state index contributed by atoms with van der Waals surface area (Å²) >= 11 is 0. The van der Waals surface area contributed by atoms with Gasteiger partial charge in [0.1, 0.15) is 18.5 Å². The first kappa shape index (κ1) is 15.3. The van der Waals surface area contributed by atoms with Crippen molar-refractivity contribution in [3.05, 3.63) is 42.5 Å². The highest BCUT2D eigenvalue weighted by Gasteiger charge is 2.25. The molecular weight excluding hydrogens is 278 g/mol. The molecule has 0 radical (unpaired) electrons. The molecule has 2 aromatic carbocycles. The molecule has 1 heterocycles. The van der Waals surface area contributed by atoms with Crippen molar-refractivity contribution in [1.29, 1.82) is 0 Å². The van der Waals surface area contributed by atoms with Gasteiger partial charge in [0.25, 0.3) is 0 Å². The number of benzene rings is 2. The number of aliphatic hydroxyl groups excluding tert-OH is 2. The normalized spacial score (nSPS) is 20.4. The van der Waals surface area contributed by atoms with Gasteiger partial charge < -0.3 is 14.9 Å². The Hall–Kier alpha value is -1.62. The van der Waals surface area contributed by atoms with Gasteiger partial charge in [-0.25, -0.2) is 0 Å². The largest absolute Gasteiger partial charge is 0.491 e. The highest BCUT2D eigenvalue weighted by Crippen LogP contribution is 2.21. The Kier molecular flexibility index (Phi) is 4.93. The van der Waals surface area contributed by atoms with Crippen LogP contribution < -0.4 is 4.74 Å². The Morgan fingerprint density at radius 1 is 1.18 bits per heavy atom. The summed E-state index contributed by atoms with van der Waals surface area (Å²) in [7, 11) is 0. The average molecular weight is 301 g/mol. The van der Waals surface area contributed by atoms with E-state index in [1.54, 1.807) is 0 Å². The molecule has 1 aliphatic heterocycles. The molecule has 0 unspecified atom stereocenters. The van der Waals surface area contributed by atoms with Gasteiger partial charge >= 0.3 is 0 Å². The van der Waals surface area contributed by atoms with Crippen molar-refractivity contribution in [2.45, 2.75) is 25.0 Å². The first-order chi connectivity index (χ1) is 10.8. The molecule has 0 amide bonds. The van der Waals surface area contributed by atoms with Crippen molar-refractivity contribution in [2.75, 3.05) is 26.3 Å². The van der Waals surface area contributed by atoms with Crippen molar-refractivity contribution >= 4 is 10.8 Å². The van der Waals surface area contributed by atoms with Crippen molar-refractivity contribution in [1.82, 2.24) is 4.90 Å². The van der Waals surface area contributed by atoms with Crippen LogP contribution in [-0.4, -0.2) is 53.6 Å². The van der Waals surface area contributed by atoms with Gasteiger partial charge in [0.15, 0.2) is 0 Å². The first-order valence-electron chi connectivity index (χ1n) is 7.91. The van der Waals surface area contributed by atoms with Crippen molar-refractivity contribution in [3.8, 4) is 5.75 Å². The molecule has 4 nitrogen and oxygen atoms in total. The van der Waals surface area contributed by atoms with Crippen molar-refractivity contribution in [2.24, 2.45) is 0 Å². The summed E-state index contributed by atoms with van der Waals surface area (Å²) in [5.74, 6) is 0.776. The first-order valence-corrected chi connectivity index (χ1v) is 7.91. The summed E-state index contributed by atoms with van der Waals surface area (Å²) in [5, 5.41) is 21.8. The topological polar surface area (TPSA) is 52.9 Å². The van der Waals surface area contributed by atoms with Gasteiger partial charge in [-0.1, -0.05) is 30.3 Å². The van der Waals surface area contributed by atoms with Crippen LogP contribution >= 0.6 is 0 Å². The number of β-amino-alcohol motifs (C(OH)–C–C–N with tert-alkyl or cyclic N) is 1. The fourth-order valence-corrected chi connectivity index (χ4v) is 3.12.